The van der Waals surface area contributed by atoms with Gasteiger partial charge in [-0.25, -0.2) is 9.67 Å². The van der Waals surface area contributed by atoms with Crippen LogP contribution in [-0.4, -0.2) is 27.2 Å². The molecular weight excluding hydrogens is 280 g/mol. The van der Waals surface area contributed by atoms with Crippen LogP contribution in [0.1, 0.15) is 28.3 Å². The maximum atomic E-state index is 12.6. The average Bonchev–Trinajstić information content (AvgIpc) is 2.96. The second-order valence-corrected chi connectivity index (χ2v) is 4.76. The molecule has 2 aromatic rings. The third-order valence-electron chi connectivity index (χ3n) is 3.42. The minimum atomic E-state index is -2.70. The van der Waals surface area contributed by atoms with E-state index in [1.165, 1.54) is 12.4 Å². The number of hydrogen-bond donors (Lipinski definition) is 2. The number of nitrogens with zero attached hydrogens (tertiary/aromatic N) is 3. The molecule has 3 heterocycles. The molecule has 110 valence electrons. The summed E-state index contributed by atoms with van der Waals surface area (Å²) in [5, 5.41) is 6.78. The zero-order valence-corrected chi connectivity index (χ0v) is 11.0. The first-order valence-electron chi connectivity index (χ1n) is 6.42. The van der Waals surface area contributed by atoms with Crippen LogP contribution >= 0.6 is 0 Å². The number of aromatic nitrogens is 3. The Morgan fingerprint density at radius 1 is 1.48 bits per heavy atom. The molecule has 1 aliphatic heterocycles. The zero-order chi connectivity index (χ0) is 15.0. The Labute approximate surface area is 119 Å². The average molecular weight is 293 g/mol. The standard InChI is InChI=1S/C13H13F2N5O/c14-13(15)20-6-7(4-18-20)9-3-10(12(16)21)19-11-5-17-2-1-8(9)11/h3-4,6,13,17H,1-2,5H2,(H2,16,21). The van der Waals surface area contributed by atoms with Crippen molar-refractivity contribution in [3.63, 3.8) is 0 Å². The second-order valence-electron chi connectivity index (χ2n) is 4.76. The van der Waals surface area contributed by atoms with Gasteiger partial charge in [-0.15, -0.1) is 0 Å². The smallest absolute Gasteiger partial charge is 0.333 e. The molecule has 0 aromatic carbocycles. The largest absolute Gasteiger partial charge is 0.364 e. The number of nitrogens with two attached hydrogens (primary N) is 1. The van der Waals surface area contributed by atoms with Crippen LogP contribution in [0.2, 0.25) is 0 Å². The van der Waals surface area contributed by atoms with Gasteiger partial charge in [-0.05, 0) is 30.2 Å². The minimum absolute atomic E-state index is 0.122. The maximum absolute atomic E-state index is 12.6. The lowest BCUT2D eigenvalue weighted by atomic mass is 9.95. The van der Waals surface area contributed by atoms with Crippen molar-refractivity contribution < 1.29 is 13.6 Å². The van der Waals surface area contributed by atoms with Crippen LogP contribution in [0.4, 0.5) is 8.78 Å². The van der Waals surface area contributed by atoms with Gasteiger partial charge in [-0.2, -0.15) is 13.9 Å². The maximum Gasteiger partial charge on any atom is 0.333 e. The second kappa shape index (κ2) is 5.21. The molecule has 0 atom stereocenters. The van der Waals surface area contributed by atoms with Gasteiger partial charge in [0, 0.05) is 18.3 Å². The van der Waals surface area contributed by atoms with E-state index in [0.29, 0.717) is 28.8 Å². The van der Waals surface area contributed by atoms with Crippen molar-refractivity contribution in [3.8, 4) is 11.1 Å². The molecule has 1 amide bonds. The highest BCUT2D eigenvalue weighted by Crippen LogP contribution is 2.29. The van der Waals surface area contributed by atoms with Gasteiger partial charge < -0.3 is 11.1 Å². The summed E-state index contributed by atoms with van der Waals surface area (Å²) in [4.78, 5) is 15.6. The van der Waals surface area contributed by atoms with Gasteiger partial charge >= 0.3 is 6.55 Å². The molecule has 0 fully saturated rings. The Morgan fingerprint density at radius 3 is 2.95 bits per heavy atom. The van der Waals surface area contributed by atoms with E-state index >= 15 is 0 Å². The monoisotopic (exact) mass is 293 g/mol. The van der Waals surface area contributed by atoms with Crippen molar-refractivity contribution in [2.75, 3.05) is 6.54 Å². The zero-order valence-electron chi connectivity index (χ0n) is 11.0. The highest BCUT2D eigenvalue weighted by atomic mass is 19.3. The van der Waals surface area contributed by atoms with Gasteiger partial charge in [0.2, 0.25) is 0 Å². The Kier molecular flexibility index (Phi) is 3.38. The third-order valence-corrected chi connectivity index (χ3v) is 3.42. The molecule has 0 radical (unpaired) electrons. The Morgan fingerprint density at radius 2 is 2.29 bits per heavy atom. The molecule has 0 bridgehead atoms. The van der Waals surface area contributed by atoms with E-state index in [0.717, 1.165) is 17.8 Å². The van der Waals surface area contributed by atoms with Gasteiger partial charge in [-0.3, -0.25) is 4.79 Å². The number of carbonyl (C=O) groups excluding carboxylic acids is 1. The number of pyridine rings is 1. The molecule has 0 saturated heterocycles. The van der Waals surface area contributed by atoms with Crippen LogP contribution in [0.25, 0.3) is 11.1 Å². The molecule has 0 spiro atoms. The number of amides is 1. The normalized spacial score (nSPS) is 14.2. The topological polar surface area (TPSA) is 85.8 Å². The fourth-order valence-corrected chi connectivity index (χ4v) is 2.44. The molecule has 0 unspecified atom stereocenters. The summed E-state index contributed by atoms with van der Waals surface area (Å²) in [5.74, 6) is -0.647. The van der Waals surface area contributed by atoms with E-state index in [1.54, 1.807) is 6.07 Å². The van der Waals surface area contributed by atoms with Crippen molar-refractivity contribution >= 4 is 5.91 Å². The van der Waals surface area contributed by atoms with Crippen molar-refractivity contribution in [1.29, 1.82) is 0 Å². The van der Waals surface area contributed by atoms with Crippen molar-refractivity contribution in [3.05, 3.63) is 35.4 Å². The van der Waals surface area contributed by atoms with Crippen LogP contribution in [0.15, 0.2) is 18.5 Å². The molecule has 3 N–H and O–H groups in total. The molecule has 3 rings (SSSR count). The van der Waals surface area contributed by atoms with Crippen LogP contribution in [-0.2, 0) is 13.0 Å². The highest BCUT2D eigenvalue weighted by Gasteiger charge is 2.20. The fraction of sp³-hybridized carbons (Fsp3) is 0.308. The Bertz CT molecular complexity index is 698. The lowest BCUT2D eigenvalue weighted by molar-refractivity contribution is 0.0566. The predicted molar refractivity (Wildman–Crippen MR) is 70.6 cm³/mol. The molecular formula is C13H13F2N5O. The van der Waals surface area contributed by atoms with Gasteiger partial charge in [0.25, 0.3) is 5.91 Å². The molecule has 1 aliphatic rings. The molecule has 2 aromatic heterocycles. The van der Waals surface area contributed by atoms with E-state index in [4.69, 9.17) is 5.73 Å². The number of nitrogens with one attached hydrogen (secondary N) is 1. The quantitative estimate of drug-likeness (QED) is 0.887. The van der Waals surface area contributed by atoms with Crippen LogP contribution in [0.5, 0.6) is 0 Å². The van der Waals surface area contributed by atoms with Crippen molar-refractivity contribution in [2.45, 2.75) is 19.5 Å². The summed E-state index contributed by atoms with van der Waals surface area (Å²) in [5.41, 5.74) is 8.27. The number of rotatable bonds is 3. The van der Waals surface area contributed by atoms with E-state index < -0.39 is 12.5 Å². The van der Waals surface area contributed by atoms with Gasteiger partial charge in [-0.1, -0.05) is 0 Å². The molecule has 6 nitrogen and oxygen atoms in total. The molecule has 0 saturated carbocycles. The van der Waals surface area contributed by atoms with Crippen molar-refractivity contribution in [1.82, 2.24) is 20.1 Å². The summed E-state index contributed by atoms with van der Waals surface area (Å²) >= 11 is 0. The molecule has 0 aliphatic carbocycles. The summed E-state index contributed by atoms with van der Waals surface area (Å²) in [7, 11) is 0. The summed E-state index contributed by atoms with van der Waals surface area (Å²) in [6, 6.07) is 1.54. The lowest BCUT2D eigenvalue weighted by Gasteiger charge is -2.19. The third kappa shape index (κ3) is 2.49. The molecule has 21 heavy (non-hydrogen) atoms. The number of halogens is 2. The van der Waals surface area contributed by atoms with Gasteiger partial charge in [0.1, 0.15) is 5.69 Å². The minimum Gasteiger partial charge on any atom is -0.364 e. The first-order chi connectivity index (χ1) is 10.1. The van der Waals surface area contributed by atoms with Gasteiger partial charge in [0.15, 0.2) is 0 Å². The van der Waals surface area contributed by atoms with E-state index in [-0.39, 0.29) is 5.69 Å². The number of alkyl halides is 2. The lowest BCUT2D eigenvalue weighted by Crippen LogP contribution is -2.27. The van der Waals surface area contributed by atoms with Crippen LogP contribution < -0.4 is 11.1 Å². The first kappa shape index (κ1) is 13.6. The SMILES string of the molecule is NC(=O)c1cc(-c2cnn(C(F)F)c2)c2c(n1)CNCC2. The van der Waals surface area contributed by atoms with Gasteiger partial charge in [0.05, 0.1) is 11.9 Å². The van der Waals surface area contributed by atoms with E-state index in [2.05, 4.69) is 15.4 Å². The van der Waals surface area contributed by atoms with Crippen molar-refractivity contribution in [2.24, 2.45) is 5.73 Å². The summed E-state index contributed by atoms with van der Waals surface area (Å²) < 4.78 is 25.9. The Hall–Kier alpha value is -2.35. The molecule has 8 heteroatoms. The van der Waals surface area contributed by atoms with Crippen LogP contribution in [0, 0.1) is 0 Å². The number of primary amides is 1. The summed E-state index contributed by atoms with van der Waals surface area (Å²) in [6.45, 7) is -1.42. The fourth-order valence-electron chi connectivity index (χ4n) is 2.44. The summed E-state index contributed by atoms with van der Waals surface area (Å²) in [6.07, 6.45) is 3.32. The van der Waals surface area contributed by atoms with E-state index in [9.17, 15) is 13.6 Å². The van der Waals surface area contributed by atoms with E-state index in [1.807, 2.05) is 0 Å². The predicted octanol–water partition coefficient (Wildman–Crippen LogP) is 1.08. The van der Waals surface area contributed by atoms with Crippen LogP contribution in [0.3, 0.4) is 0 Å². The number of carbonyl (C=O) groups is 1. The number of hydrogen-bond acceptors (Lipinski definition) is 4. The highest BCUT2D eigenvalue weighted by molar-refractivity contribution is 5.92. The first-order valence-corrected chi connectivity index (χ1v) is 6.42. The Balaban J connectivity index is 2.14. The number of fused-ring (bicyclic) bond motifs is 1.